The van der Waals surface area contributed by atoms with E-state index in [-0.39, 0.29) is 6.04 Å². The second kappa shape index (κ2) is 5.62. The largest absolute Gasteiger partial charge is 0.419 e. The molecule has 2 aromatic heterocycles. The number of nitrogens with zero attached hydrogens (tertiary/aromatic N) is 3. The van der Waals surface area contributed by atoms with Gasteiger partial charge in [-0.15, -0.1) is 0 Å². The smallest absolute Gasteiger partial charge is 0.327 e. The molecule has 1 unspecified atom stereocenters. The molecule has 0 amide bonds. The highest BCUT2D eigenvalue weighted by molar-refractivity contribution is 5.34. The molecule has 108 valence electrons. The summed E-state index contributed by atoms with van der Waals surface area (Å²) in [5.74, 6) is 0.381. The summed E-state index contributed by atoms with van der Waals surface area (Å²) in [7, 11) is 0. The van der Waals surface area contributed by atoms with E-state index in [0.29, 0.717) is 12.2 Å². The molecule has 0 spiro atoms. The van der Waals surface area contributed by atoms with Gasteiger partial charge in [0.25, 0.3) is 0 Å². The summed E-state index contributed by atoms with van der Waals surface area (Å²) in [5.41, 5.74) is 5.87. The zero-order chi connectivity index (χ0) is 14.8. The summed E-state index contributed by atoms with van der Waals surface area (Å²) >= 11 is 0. The van der Waals surface area contributed by atoms with Gasteiger partial charge in [-0.05, 0) is 24.5 Å². The van der Waals surface area contributed by atoms with E-state index < -0.39 is 11.7 Å². The standard InChI is InChI=1S/C13H15F3N4/c1-2-11(17)6-9-4-3-5-18-12(9)20-8-10(7-19-20)13(14,15)16/h3-5,7-8,11H,2,6,17H2,1H3. The number of hydrogen-bond donors (Lipinski definition) is 1. The Bertz CT molecular complexity index is 577. The monoisotopic (exact) mass is 284 g/mol. The van der Waals surface area contributed by atoms with Crippen LogP contribution in [0.25, 0.3) is 5.82 Å². The summed E-state index contributed by atoms with van der Waals surface area (Å²) < 4.78 is 38.9. The van der Waals surface area contributed by atoms with E-state index in [2.05, 4.69) is 10.1 Å². The van der Waals surface area contributed by atoms with Gasteiger partial charge in [-0.2, -0.15) is 18.3 Å². The Labute approximate surface area is 114 Å². The lowest BCUT2D eigenvalue weighted by molar-refractivity contribution is -0.137. The first-order chi connectivity index (χ1) is 9.41. The fourth-order valence-corrected chi connectivity index (χ4v) is 1.81. The second-order valence-corrected chi connectivity index (χ2v) is 4.53. The molecule has 0 bridgehead atoms. The minimum Gasteiger partial charge on any atom is -0.327 e. The Balaban J connectivity index is 2.35. The van der Waals surface area contributed by atoms with Crippen molar-refractivity contribution in [1.29, 1.82) is 0 Å². The number of nitrogens with two attached hydrogens (primary N) is 1. The molecule has 1 atom stereocenters. The van der Waals surface area contributed by atoms with Gasteiger partial charge in [0.1, 0.15) is 0 Å². The van der Waals surface area contributed by atoms with Crippen molar-refractivity contribution in [2.24, 2.45) is 5.73 Å². The highest BCUT2D eigenvalue weighted by Gasteiger charge is 2.32. The summed E-state index contributed by atoms with van der Waals surface area (Å²) in [6.07, 6.45) is 0.155. The van der Waals surface area contributed by atoms with Gasteiger partial charge in [-0.25, -0.2) is 9.67 Å². The van der Waals surface area contributed by atoms with Crippen LogP contribution in [0.2, 0.25) is 0 Å². The quantitative estimate of drug-likeness (QED) is 0.938. The third-order valence-electron chi connectivity index (χ3n) is 3.00. The van der Waals surface area contributed by atoms with Crippen molar-refractivity contribution in [1.82, 2.24) is 14.8 Å². The molecule has 2 rings (SSSR count). The van der Waals surface area contributed by atoms with Crippen LogP contribution < -0.4 is 5.73 Å². The molecule has 0 radical (unpaired) electrons. The molecular weight excluding hydrogens is 269 g/mol. The molecule has 20 heavy (non-hydrogen) atoms. The molecule has 2 aromatic rings. The van der Waals surface area contributed by atoms with Gasteiger partial charge in [-0.1, -0.05) is 13.0 Å². The number of alkyl halides is 3. The number of pyridine rings is 1. The number of rotatable bonds is 4. The van der Waals surface area contributed by atoms with Crippen LogP contribution in [0.5, 0.6) is 0 Å². The second-order valence-electron chi connectivity index (χ2n) is 4.53. The number of aromatic nitrogens is 3. The van der Waals surface area contributed by atoms with Crippen LogP contribution in [0.1, 0.15) is 24.5 Å². The van der Waals surface area contributed by atoms with E-state index in [4.69, 9.17) is 5.73 Å². The fourth-order valence-electron chi connectivity index (χ4n) is 1.81. The lowest BCUT2D eigenvalue weighted by atomic mass is 10.1. The molecule has 2 N–H and O–H groups in total. The van der Waals surface area contributed by atoms with Crippen molar-refractivity contribution >= 4 is 0 Å². The van der Waals surface area contributed by atoms with Crippen molar-refractivity contribution in [3.05, 3.63) is 41.9 Å². The van der Waals surface area contributed by atoms with Crippen LogP contribution in [0.3, 0.4) is 0 Å². The van der Waals surface area contributed by atoms with Crippen molar-refractivity contribution in [3.8, 4) is 5.82 Å². The third-order valence-corrected chi connectivity index (χ3v) is 3.00. The van der Waals surface area contributed by atoms with Crippen LogP contribution in [0.4, 0.5) is 13.2 Å². The Kier molecular flexibility index (Phi) is 4.08. The van der Waals surface area contributed by atoms with Gasteiger partial charge >= 0.3 is 6.18 Å². The molecule has 0 saturated carbocycles. The van der Waals surface area contributed by atoms with Crippen molar-refractivity contribution in [2.75, 3.05) is 0 Å². The Morgan fingerprint density at radius 3 is 2.75 bits per heavy atom. The Morgan fingerprint density at radius 2 is 2.15 bits per heavy atom. The van der Waals surface area contributed by atoms with Crippen LogP contribution in [-0.4, -0.2) is 20.8 Å². The van der Waals surface area contributed by atoms with Crippen LogP contribution in [0, 0.1) is 0 Å². The average Bonchev–Trinajstić information content (AvgIpc) is 2.88. The van der Waals surface area contributed by atoms with E-state index in [1.54, 1.807) is 12.1 Å². The lowest BCUT2D eigenvalue weighted by Gasteiger charge is -2.12. The summed E-state index contributed by atoms with van der Waals surface area (Å²) in [5, 5.41) is 3.74. The molecule has 4 nitrogen and oxygen atoms in total. The molecule has 2 heterocycles. The molecule has 0 aliphatic heterocycles. The first-order valence-electron chi connectivity index (χ1n) is 6.23. The van der Waals surface area contributed by atoms with Crippen LogP contribution >= 0.6 is 0 Å². The molecule has 0 fully saturated rings. The van der Waals surface area contributed by atoms with Gasteiger partial charge in [0, 0.05) is 18.4 Å². The predicted octanol–water partition coefficient (Wildman–Crippen LogP) is 2.57. The minimum atomic E-state index is -4.41. The zero-order valence-corrected chi connectivity index (χ0v) is 10.9. The van der Waals surface area contributed by atoms with Gasteiger partial charge < -0.3 is 5.73 Å². The van der Waals surface area contributed by atoms with Crippen LogP contribution in [0.15, 0.2) is 30.7 Å². The van der Waals surface area contributed by atoms with E-state index in [0.717, 1.165) is 29.1 Å². The average molecular weight is 284 g/mol. The number of hydrogen-bond acceptors (Lipinski definition) is 3. The normalized spacial score (nSPS) is 13.4. The maximum absolute atomic E-state index is 12.6. The number of halogens is 3. The fraction of sp³-hybridized carbons (Fsp3) is 0.385. The maximum atomic E-state index is 12.6. The molecule has 7 heteroatoms. The highest BCUT2D eigenvalue weighted by Crippen LogP contribution is 2.29. The minimum absolute atomic E-state index is 0.0596. The lowest BCUT2D eigenvalue weighted by Crippen LogP contribution is -2.22. The molecule has 0 aliphatic carbocycles. The van der Waals surface area contributed by atoms with Crippen LogP contribution in [-0.2, 0) is 12.6 Å². The van der Waals surface area contributed by atoms with E-state index >= 15 is 0 Å². The Morgan fingerprint density at radius 1 is 1.40 bits per heavy atom. The zero-order valence-electron chi connectivity index (χ0n) is 10.9. The SMILES string of the molecule is CCC(N)Cc1cccnc1-n1cc(C(F)(F)F)cn1. The van der Waals surface area contributed by atoms with Crippen molar-refractivity contribution < 1.29 is 13.2 Å². The topological polar surface area (TPSA) is 56.7 Å². The molecular formula is C13H15F3N4. The summed E-state index contributed by atoms with van der Waals surface area (Å²) in [6, 6.07) is 3.47. The summed E-state index contributed by atoms with van der Waals surface area (Å²) in [6.45, 7) is 1.95. The van der Waals surface area contributed by atoms with Gasteiger partial charge in [0.15, 0.2) is 5.82 Å². The predicted molar refractivity (Wildman–Crippen MR) is 68.3 cm³/mol. The van der Waals surface area contributed by atoms with E-state index in [1.807, 2.05) is 6.92 Å². The molecule has 0 aromatic carbocycles. The first-order valence-corrected chi connectivity index (χ1v) is 6.23. The van der Waals surface area contributed by atoms with Gasteiger partial charge in [0.05, 0.1) is 11.8 Å². The van der Waals surface area contributed by atoms with Crippen molar-refractivity contribution in [2.45, 2.75) is 32.0 Å². The summed E-state index contributed by atoms with van der Waals surface area (Å²) in [4.78, 5) is 4.11. The third kappa shape index (κ3) is 3.16. The highest BCUT2D eigenvalue weighted by atomic mass is 19.4. The Hall–Kier alpha value is -1.89. The first kappa shape index (κ1) is 14.5. The van der Waals surface area contributed by atoms with Gasteiger partial charge in [0.2, 0.25) is 0 Å². The molecule has 0 saturated heterocycles. The molecule has 0 aliphatic rings. The van der Waals surface area contributed by atoms with E-state index in [9.17, 15) is 13.2 Å². The van der Waals surface area contributed by atoms with Gasteiger partial charge in [-0.3, -0.25) is 0 Å². The van der Waals surface area contributed by atoms with E-state index in [1.165, 1.54) is 6.20 Å². The van der Waals surface area contributed by atoms with Crippen molar-refractivity contribution in [3.63, 3.8) is 0 Å². The maximum Gasteiger partial charge on any atom is 0.419 e.